The predicted octanol–water partition coefficient (Wildman–Crippen LogP) is 2.55. The Labute approximate surface area is 158 Å². The van der Waals surface area contributed by atoms with Gasteiger partial charge in [-0.15, -0.1) is 0 Å². The summed E-state index contributed by atoms with van der Waals surface area (Å²) in [5, 5.41) is 7.20. The molecule has 0 atom stereocenters. The first-order chi connectivity index (χ1) is 13.6. The summed E-state index contributed by atoms with van der Waals surface area (Å²) in [6.45, 7) is 0. The molecular weight excluding hydrogens is 358 g/mol. The number of aromatic nitrogens is 5. The lowest BCUT2D eigenvalue weighted by Gasteiger charge is -2.09. The monoisotopic (exact) mass is 375 g/mol. The molecule has 0 bridgehead atoms. The Hall–Kier alpha value is -3.68. The average molecular weight is 375 g/mol. The Balaban J connectivity index is 1.71. The number of benzene rings is 1. The van der Waals surface area contributed by atoms with E-state index in [2.05, 4.69) is 25.1 Å². The van der Waals surface area contributed by atoms with Crippen LogP contribution in [0.1, 0.15) is 24.3 Å². The number of aromatic amines is 3. The second-order valence-corrected chi connectivity index (χ2v) is 6.89. The second-order valence-electron chi connectivity index (χ2n) is 6.89. The molecule has 4 aromatic rings. The molecule has 0 unspecified atom stereocenters. The SMILES string of the molecule is COc1ccc(-c2[nH]ncc2-c2cc(C3CC3)c3[nH]c(=O)[nH]c(=O)c3n2)cc1. The van der Waals surface area contributed by atoms with Gasteiger partial charge < -0.3 is 9.72 Å². The maximum absolute atomic E-state index is 12.4. The lowest BCUT2D eigenvalue weighted by atomic mass is 10.0. The van der Waals surface area contributed by atoms with Crippen molar-refractivity contribution in [1.82, 2.24) is 25.1 Å². The van der Waals surface area contributed by atoms with E-state index in [0.29, 0.717) is 17.1 Å². The quantitative estimate of drug-likeness (QED) is 0.507. The molecule has 8 heteroatoms. The molecule has 0 spiro atoms. The van der Waals surface area contributed by atoms with Crippen molar-refractivity contribution in [1.29, 1.82) is 0 Å². The van der Waals surface area contributed by atoms with Gasteiger partial charge in [0.15, 0.2) is 5.52 Å². The molecule has 3 heterocycles. The third-order valence-corrected chi connectivity index (χ3v) is 5.04. The second kappa shape index (κ2) is 6.19. The van der Waals surface area contributed by atoms with Gasteiger partial charge in [0.05, 0.1) is 30.2 Å². The number of hydrogen-bond donors (Lipinski definition) is 3. The number of nitrogens with zero attached hydrogens (tertiary/aromatic N) is 2. The number of rotatable bonds is 4. The van der Waals surface area contributed by atoms with Crippen LogP contribution in [0.25, 0.3) is 33.5 Å². The van der Waals surface area contributed by atoms with E-state index < -0.39 is 11.2 Å². The first kappa shape index (κ1) is 16.5. The smallest absolute Gasteiger partial charge is 0.326 e. The largest absolute Gasteiger partial charge is 0.497 e. The molecule has 0 radical (unpaired) electrons. The van der Waals surface area contributed by atoms with E-state index >= 15 is 0 Å². The normalized spacial score (nSPS) is 13.8. The zero-order chi connectivity index (χ0) is 19.3. The zero-order valence-electron chi connectivity index (χ0n) is 15.1. The highest BCUT2D eigenvalue weighted by atomic mass is 16.5. The van der Waals surface area contributed by atoms with Crippen molar-refractivity contribution in [3.63, 3.8) is 0 Å². The van der Waals surface area contributed by atoms with Gasteiger partial charge in [-0.25, -0.2) is 9.78 Å². The van der Waals surface area contributed by atoms with Crippen molar-refractivity contribution in [3.05, 3.63) is 62.9 Å². The summed E-state index contributed by atoms with van der Waals surface area (Å²) < 4.78 is 5.22. The molecule has 1 aliphatic rings. The molecule has 0 aliphatic heterocycles. The third-order valence-electron chi connectivity index (χ3n) is 5.04. The summed E-state index contributed by atoms with van der Waals surface area (Å²) in [4.78, 5) is 33.7. The fourth-order valence-electron chi connectivity index (χ4n) is 3.48. The minimum absolute atomic E-state index is 0.237. The van der Waals surface area contributed by atoms with Crippen LogP contribution >= 0.6 is 0 Å². The van der Waals surface area contributed by atoms with Crippen LogP contribution < -0.4 is 16.0 Å². The fourth-order valence-corrected chi connectivity index (χ4v) is 3.48. The Morgan fingerprint density at radius 1 is 1.11 bits per heavy atom. The summed E-state index contributed by atoms with van der Waals surface area (Å²) in [5.41, 5.74) is 3.87. The highest BCUT2D eigenvalue weighted by Gasteiger charge is 2.28. The lowest BCUT2D eigenvalue weighted by molar-refractivity contribution is 0.415. The van der Waals surface area contributed by atoms with Gasteiger partial charge >= 0.3 is 5.69 Å². The minimum atomic E-state index is -0.517. The van der Waals surface area contributed by atoms with Crippen molar-refractivity contribution < 1.29 is 4.74 Å². The fraction of sp³-hybridized carbons (Fsp3) is 0.200. The number of hydrogen-bond acceptors (Lipinski definition) is 5. The van der Waals surface area contributed by atoms with Crippen LogP contribution in [0.2, 0.25) is 0 Å². The summed E-state index contributed by atoms with van der Waals surface area (Å²) in [6, 6.07) is 9.57. The first-order valence-electron chi connectivity index (χ1n) is 8.99. The van der Waals surface area contributed by atoms with Gasteiger partial charge in [0.1, 0.15) is 5.75 Å². The van der Waals surface area contributed by atoms with E-state index in [1.165, 1.54) is 0 Å². The summed E-state index contributed by atoms with van der Waals surface area (Å²) >= 11 is 0. The maximum atomic E-state index is 12.4. The van der Waals surface area contributed by atoms with Crippen molar-refractivity contribution in [3.8, 4) is 28.3 Å². The number of ether oxygens (including phenoxy) is 1. The molecule has 0 amide bonds. The molecule has 3 N–H and O–H groups in total. The van der Waals surface area contributed by atoms with Crippen molar-refractivity contribution in [2.24, 2.45) is 0 Å². The van der Waals surface area contributed by atoms with Crippen LogP contribution in [0.3, 0.4) is 0 Å². The molecule has 1 aliphatic carbocycles. The molecule has 1 fully saturated rings. The van der Waals surface area contributed by atoms with Crippen LogP contribution in [0.15, 0.2) is 46.1 Å². The third kappa shape index (κ3) is 2.70. The molecule has 140 valence electrons. The topological polar surface area (TPSA) is 117 Å². The van der Waals surface area contributed by atoms with Crippen molar-refractivity contribution >= 4 is 11.0 Å². The molecule has 28 heavy (non-hydrogen) atoms. The molecular formula is C20H17N5O3. The Morgan fingerprint density at radius 2 is 1.89 bits per heavy atom. The van der Waals surface area contributed by atoms with Gasteiger partial charge in [0, 0.05) is 11.1 Å². The number of pyridine rings is 1. The van der Waals surface area contributed by atoms with Crippen LogP contribution in [0.4, 0.5) is 0 Å². The summed E-state index contributed by atoms with van der Waals surface area (Å²) in [7, 11) is 1.62. The molecule has 1 saturated carbocycles. The number of methoxy groups -OCH3 is 1. The first-order valence-corrected chi connectivity index (χ1v) is 8.99. The highest BCUT2D eigenvalue weighted by Crippen LogP contribution is 2.43. The molecule has 8 nitrogen and oxygen atoms in total. The van der Waals surface area contributed by atoms with Crippen LogP contribution in [0.5, 0.6) is 5.75 Å². The number of fused-ring (bicyclic) bond motifs is 1. The molecule has 1 aromatic carbocycles. The van der Waals surface area contributed by atoms with Gasteiger partial charge in [-0.1, -0.05) is 0 Å². The van der Waals surface area contributed by atoms with E-state index in [-0.39, 0.29) is 5.52 Å². The van der Waals surface area contributed by atoms with E-state index in [1.54, 1.807) is 13.3 Å². The van der Waals surface area contributed by atoms with E-state index in [0.717, 1.165) is 41.0 Å². The molecule has 0 saturated heterocycles. The van der Waals surface area contributed by atoms with Crippen molar-refractivity contribution in [2.45, 2.75) is 18.8 Å². The zero-order valence-corrected chi connectivity index (χ0v) is 15.1. The summed E-state index contributed by atoms with van der Waals surface area (Å²) in [5.74, 6) is 1.10. The van der Waals surface area contributed by atoms with Crippen LogP contribution in [0, 0.1) is 0 Å². The Morgan fingerprint density at radius 3 is 2.61 bits per heavy atom. The highest BCUT2D eigenvalue weighted by molar-refractivity contribution is 5.85. The standard InChI is InChI=1S/C20H17N5O3/c1-28-12-6-4-11(5-7-12)16-14(9-21-25-16)15-8-13(10-2-3-10)17-18(22-15)19(26)24-20(27)23-17/h4-10H,2-3H2,1H3,(H,21,25)(H2,23,24,26,27). The number of H-pyrrole nitrogens is 3. The predicted molar refractivity (Wildman–Crippen MR) is 105 cm³/mol. The Bertz CT molecular complexity index is 1300. The molecule has 5 rings (SSSR count). The maximum Gasteiger partial charge on any atom is 0.326 e. The summed E-state index contributed by atoms with van der Waals surface area (Å²) in [6.07, 6.45) is 3.76. The van der Waals surface area contributed by atoms with Gasteiger partial charge in [-0.05, 0) is 54.7 Å². The Kier molecular flexibility index (Phi) is 3.65. The van der Waals surface area contributed by atoms with Gasteiger partial charge in [-0.2, -0.15) is 5.10 Å². The average Bonchev–Trinajstić information content (AvgIpc) is 3.43. The van der Waals surface area contributed by atoms with Gasteiger partial charge in [0.2, 0.25) is 0 Å². The van der Waals surface area contributed by atoms with Crippen molar-refractivity contribution in [2.75, 3.05) is 7.11 Å². The van der Waals surface area contributed by atoms with E-state index in [1.807, 2.05) is 30.3 Å². The van der Waals surface area contributed by atoms with E-state index in [9.17, 15) is 9.59 Å². The van der Waals surface area contributed by atoms with E-state index in [4.69, 9.17) is 4.74 Å². The van der Waals surface area contributed by atoms with Crippen LogP contribution in [-0.4, -0.2) is 32.3 Å². The minimum Gasteiger partial charge on any atom is -0.497 e. The van der Waals surface area contributed by atoms with Gasteiger partial charge in [0.25, 0.3) is 5.56 Å². The molecule has 3 aromatic heterocycles. The van der Waals surface area contributed by atoms with Crippen LogP contribution in [-0.2, 0) is 0 Å². The lowest BCUT2D eigenvalue weighted by Crippen LogP contribution is -2.23. The number of nitrogens with one attached hydrogen (secondary N) is 3. The van der Waals surface area contributed by atoms with Gasteiger partial charge in [-0.3, -0.25) is 14.9 Å².